The molecule has 1 fully saturated rings. The first-order chi connectivity index (χ1) is 13.3. The summed E-state index contributed by atoms with van der Waals surface area (Å²) < 4.78 is 32.1. The first kappa shape index (κ1) is 20.3. The van der Waals surface area contributed by atoms with Crippen molar-refractivity contribution in [2.45, 2.75) is 32.1 Å². The Balaban J connectivity index is 1.52. The molecule has 28 heavy (non-hydrogen) atoms. The van der Waals surface area contributed by atoms with Crippen molar-refractivity contribution in [1.82, 2.24) is 14.4 Å². The molecule has 1 aliphatic heterocycles. The number of hydrogen-bond donors (Lipinski definition) is 1. The lowest BCUT2D eigenvalue weighted by Gasteiger charge is -2.34. The predicted octanol–water partition coefficient (Wildman–Crippen LogP) is 1.93. The maximum absolute atomic E-state index is 12.8. The number of carbonyl (C=O) groups excluding carboxylic acids is 1. The van der Waals surface area contributed by atoms with Gasteiger partial charge in [-0.15, -0.1) is 0 Å². The Morgan fingerprint density at radius 2 is 1.82 bits per heavy atom. The van der Waals surface area contributed by atoms with E-state index in [9.17, 15) is 13.2 Å². The molecule has 0 radical (unpaired) electrons. The number of amides is 1. The minimum absolute atomic E-state index is 0.0236. The molecule has 2 heterocycles. The van der Waals surface area contributed by atoms with Crippen LogP contribution in [0.15, 0.2) is 33.7 Å². The molecule has 0 bridgehead atoms. The van der Waals surface area contributed by atoms with Crippen LogP contribution in [-0.2, 0) is 14.8 Å². The Kier molecular flexibility index (Phi) is 6.04. The number of benzene rings is 1. The minimum Gasteiger partial charge on any atom is -0.384 e. The Bertz CT molecular complexity index is 927. The lowest BCUT2D eigenvalue weighted by Crippen LogP contribution is -2.50. The standard InChI is InChI=1S/C19H26N4O4S/c1-14-6-4-5-7-17(14)20-9-8-18(24)22-10-12-23(13-11-22)28(25,26)19-15(2)21-27-16(19)3/h4-7,20H,8-13H2,1-3H3. The summed E-state index contributed by atoms with van der Waals surface area (Å²) in [5.74, 6) is 0.314. The zero-order valence-corrected chi connectivity index (χ0v) is 17.3. The van der Waals surface area contributed by atoms with Gasteiger partial charge in [0.15, 0.2) is 5.76 Å². The van der Waals surface area contributed by atoms with Crippen LogP contribution in [0.2, 0.25) is 0 Å². The summed E-state index contributed by atoms with van der Waals surface area (Å²) in [7, 11) is -3.66. The first-order valence-corrected chi connectivity index (χ1v) is 10.7. The summed E-state index contributed by atoms with van der Waals surface area (Å²) >= 11 is 0. The van der Waals surface area contributed by atoms with E-state index in [-0.39, 0.29) is 23.9 Å². The lowest BCUT2D eigenvalue weighted by atomic mass is 10.2. The molecule has 0 spiro atoms. The molecule has 1 aromatic carbocycles. The lowest BCUT2D eigenvalue weighted by molar-refractivity contribution is -0.132. The topological polar surface area (TPSA) is 95.8 Å². The van der Waals surface area contributed by atoms with E-state index in [2.05, 4.69) is 10.5 Å². The van der Waals surface area contributed by atoms with E-state index >= 15 is 0 Å². The maximum atomic E-state index is 12.8. The number of aryl methyl sites for hydroxylation is 3. The third-order valence-electron chi connectivity index (χ3n) is 4.96. The Labute approximate surface area is 165 Å². The molecule has 0 saturated carbocycles. The fourth-order valence-electron chi connectivity index (χ4n) is 3.38. The van der Waals surface area contributed by atoms with Crippen molar-refractivity contribution in [1.29, 1.82) is 0 Å². The SMILES string of the molecule is Cc1ccccc1NCCC(=O)N1CCN(S(=O)(=O)c2c(C)noc2C)CC1. The highest BCUT2D eigenvalue weighted by Gasteiger charge is 2.34. The molecule has 1 saturated heterocycles. The number of nitrogens with zero attached hydrogens (tertiary/aromatic N) is 3. The van der Waals surface area contributed by atoms with Crippen molar-refractivity contribution in [2.75, 3.05) is 38.0 Å². The molecule has 9 heteroatoms. The van der Waals surface area contributed by atoms with Crippen LogP contribution in [0.1, 0.15) is 23.4 Å². The molecular weight excluding hydrogens is 380 g/mol. The number of hydrogen-bond acceptors (Lipinski definition) is 6. The molecule has 1 N–H and O–H groups in total. The minimum atomic E-state index is -3.66. The summed E-state index contributed by atoms with van der Waals surface area (Å²) in [5, 5.41) is 7.01. The quantitative estimate of drug-likeness (QED) is 0.788. The van der Waals surface area contributed by atoms with Crippen molar-refractivity contribution in [3.8, 4) is 0 Å². The summed E-state index contributed by atoms with van der Waals surface area (Å²) in [6.45, 7) is 7.06. The number of anilines is 1. The van der Waals surface area contributed by atoms with Gasteiger partial charge < -0.3 is 14.7 Å². The van der Waals surface area contributed by atoms with E-state index in [0.717, 1.165) is 11.3 Å². The van der Waals surface area contributed by atoms with Crippen LogP contribution < -0.4 is 5.32 Å². The summed E-state index contributed by atoms with van der Waals surface area (Å²) in [6.07, 6.45) is 0.366. The Hall–Kier alpha value is -2.39. The van der Waals surface area contributed by atoms with Crippen LogP contribution in [0.5, 0.6) is 0 Å². The van der Waals surface area contributed by atoms with E-state index in [0.29, 0.717) is 37.5 Å². The normalized spacial score (nSPS) is 15.6. The molecule has 0 unspecified atom stereocenters. The highest BCUT2D eigenvalue weighted by molar-refractivity contribution is 7.89. The van der Waals surface area contributed by atoms with Crippen LogP contribution in [0.3, 0.4) is 0 Å². The number of piperazine rings is 1. The molecule has 1 amide bonds. The zero-order chi connectivity index (χ0) is 20.3. The highest BCUT2D eigenvalue weighted by atomic mass is 32.2. The second-order valence-electron chi connectivity index (χ2n) is 6.93. The number of nitrogens with one attached hydrogen (secondary N) is 1. The van der Waals surface area contributed by atoms with Gasteiger partial charge in [-0.05, 0) is 32.4 Å². The largest absolute Gasteiger partial charge is 0.384 e. The second-order valence-corrected chi connectivity index (χ2v) is 8.80. The molecular formula is C19H26N4O4S. The van der Waals surface area contributed by atoms with Crippen molar-refractivity contribution >= 4 is 21.6 Å². The third kappa shape index (κ3) is 4.20. The summed E-state index contributed by atoms with van der Waals surface area (Å²) in [4.78, 5) is 14.3. The fraction of sp³-hybridized carbons (Fsp3) is 0.474. The molecule has 1 aliphatic rings. The fourth-order valence-corrected chi connectivity index (χ4v) is 5.10. The molecule has 152 valence electrons. The summed E-state index contributed by atoms with van der Waals surface area (Å²) in [5.41, 5.74) is 2.51. The van der Waals surface area contributed by atoms with E-state index in [1.807, 2.05) is 31.2 Å². The van der Waals surface area contributed by atoms with Crippen molar-refractivity contribution < 1.29 is 17.7 Å². The molecule has 8 nitrogen and oxygen atoms in total. The van der Waals surface area contributed by atoms with Gasteiger partial charge in [0.2, 0.25) is 15.9 Å². The van der Waals surface area contributed by atoms with E-state index in [4.69, 9.17) is 4.52 Å². The number of carbonyl (C=O) groups is 1. The molecule has 2 aromatic rings. The Morgan fingerprint density at radius 3 is 2.43 bits per heavy atom. The van der Waals surface area contributed by atoms with Gasteiger partial charge in [-0.2, -0.15) is 4.31 Å². The molecule has 3 rings (SSSR count). The van der Waals surface area contributed by atoms with E-state index < -0.39 is 10.0 Å². The van der Waals surface area contributed by atoms with Gasteiger partial charge in [0.05, 0.1) is 0 Å². The monoisotopic (exact) mass is 406 g/mol. The van der Waals surface area contributed by atoms with Crippen LogP contribution in [0, 0.1) is 20.8 Å². The average molecular weight is 407 g/mol. The third-order valence-corrected chi connectivity index (χ3v) is 7.10. The van der Waals surface area contributed by atoms with Gasteiger partial charge in [0.25, 0.3) is 0 Å². The average Bonchev–Trinajstić information content (AvgIpc) is 3.02. The van der Waals surface area contributed by atoms with Gasteiger partial charge in [-0.3, -0.25) is 4.79 Å². The maximum Gasteiger partial charge on any atom is 0.248 e. The number of aromatic nitrogens is 1. The van der Waals surface area contributed by atoms with Gasteiger partial charge in [0, 0.05) is 44.8 Å². The summed E-state index contributed by atoms with van der Waals surface area (Å²) in [6, 6.07) is 7.93. The zero-order valence-electron chi connectivity index (χ0n) is 16.4. The van der Waals surface area contributed by atoms with Gasteiger partial charge >= 0.3 is 0 Å². The van der Waals surface area contributed by atoms with Crippen molar-refractivity contribution in [3.63, 3.8) is 0 Å². The highest BCUT2D eigenvalue weighted by Crippen LogP contribution is 2.24. The van der Waals surface area contributed by atoms with Crippen molar-refractivity contribution in [3.05, 3.63) is 41.3 Å². The van der Waals surface area contributed by atoms with Crippen LogP contribution >= 0.6 is 0 Å². The number of para-hydroxylation sites is 1. The van der Waals surface area contributed by atoms with E-state index in [1.165, 1.54) is 4.31 Å². The second kappa shape index (κ2) is 8.32. The van der Waals surface area contributed by atoms with Crippen molar-refractivity contribution in [2.24, 2.45) is 0 Å². The molecule has 1 aromatic heterocycles. The number of rotatable bonds is 6. The van der Waals surface area contributed by atoms with Gasteiger partial charge in [-0.1, -0.05) is 23.4 Å². The predicted molar refractivity (Wildman–Crippen MR) is 106 cm³/mol. The van der Waals surface area contributed by atoms with Gasteiger partial charge in [0.1, 0.15) is 10.6 Å². The molecule has 0 aliphatic carbocycles. The van der Waals surface area contributed by atoms with Gasteiger partial charge in [-0.25, -0.2) is 8.42 Å². The van der Waals surface area contributed by atoms with Crippen LogP contribution in [0.4, 0.5) is 5.69 Å². The Morgan fingerprint density at radius 1 is 1.14 bits per heavy atom. The molecule has 0 atom stereocenters. The first-order valence-electron chi connectivity index (χ1n) is 9.31. The van der Waals surface area contributed by atoms with Crippen LogP contribution in [-0.4, -0.2) is 61.4 Å². The van der Waals surface area contributed by atoms with E-state index in [1.54, 1.807) is 18.7 Å². The number of sulfonamides is 1. The smallest absolute Gasteiger partial charge is 0.248 e. The van der Waals surface area contributed by atoms with Crippen LogP contribution in [0.25, 0.3) is 0 Å².